The lowest BCUT2D eigenvalue weighted by molar-refractivity contribution is -0.165. The Hall–Kier alpha value is -1.06. The van der Waals surface area contributed by atoms with Crippen molar-refractivity contribution >= 4 is 11.9 Å². The normalized spacial score (nSPS) is 19.9. The van der Waals surface area contributed by atoms with Crippen LogP contribution < -0.4 is 0 Å². The fourth-order valence-electron chi connectivity index (χ4n) is 2.54. The van der Waals surface area contributed by atoms with Crippen molar-refractivity contribution in [2.75, 3.05) is 7.11 Å². The molecule has 0 saturated heterocycles. The van der Waals surface area contributed by atoms with Crippen molar-refractivity contribution in [3.05, 3.63) is 0 Å². The summed E-state index contributed by atoms with van der Waals surface area (Å²) in [7, 11) is 1.28. The Morgan fingerprint density at radius 3 is 2.28 bits per heavy atom. The minimum absolute atomic E-state index is 0.0510. The van der Waals surface area contributed by atoms with Gasteiger partial charge in [0.05, 0.1) is 7.11 Å². The second kappa shape index (κ2) is 7.39. The van der Waals surface area contributed by atoms with E-state index in [0.29, 0.717) is 5.92 Å². The van der Waals surface area contributed by atoms with E-state index in [0.717, 1.165) is 19.3 Å². The van der Waals surface area contributed by atoms with Gasteiger partial charge in [0.15, 0.2) is 5.92 Å². The highest BCUT2D eigenvalue weighted by Crippen LogP contribution is 2.29. The monoisotopic (exact) mass is 256 g/mol. The Labute approximate surface area is 109 Å². The third-order valence-corrected chi connectivity index (χ3v) is 3.75. The Kier molecular flexibility index (Phi) is 6.16. The van der Waals surface area contributed by atoms with Gasteiger partial charge in [-0.05, 0) is 32.1 Å². The molecule has 0 heterocycles. The van der Waals surface area contributed by atoms with Gasteiger partial charge in [-0.15, -0.1) is 0 Å². The molecule has 0 N–H and O–H groups in total. The summed E-state index contributed by atoms with van der Waals surface area (Å²) in [5, 5.41) is 0. The van der Waals surface area contributed by atoms with Gasteiger partial charge in [-0.1, -0.05) is 26.2 Å². The third-order valence-electron chi connectivity index (χ3n) is 3.75. The molecule has 1 aliphatic rings. The first-order valence-corrected chi connectivity index (χ1v) is 6.88. The molecular formula is C14H24O4. The molecule has 2 atom stereocenters. The second-order valence-electron chi connectivity index (χ2n) is 5.03. The summed E-state index contributed by atoms with van der Waals surface area (Å²) in [6.07, 6.45) is 6.71. The Morgan fingerprint density at radius 1 is 1.17 bits per heavy atom. The van der Waals surface area contributed by atoms with Crippen LogP contribution in [-0.4, -0.2) is 25.2 Å². The Balaban J connectivity index is 2.51. The number of rotatable bonds is 5. The number of ether oxygens (including phenoxy) is 2. The summed E-state index contributed by atoms with van der Waals surface area (Å²) < 4.78 is 10.0. The van der Waals surface area contributed by atoms with Crippen molar-refractivity contribution in [2.24, 2.45) is 11.8 Å². The van der Waals surface area contributed by atoms with Crippen molar-refractivity contribution in [3.8, 4) is 0 Å². The summed E-state index contributed by atoms with van der Waals surface area (Å²) in [5.74, 6) is -1.36. The molecule has 0 amide bonds. The quantitative estimate of drug-likeness (QED) is 0.560. The van der Waals surface area contributed by atoms with E-state index < -0.39 is 17.9 Å². The number of hydrogen-bond acceptors (Lipinski definition) is 4. The first kappa shape index (κ1) is 15.0. The SMILES string of the molecule is CCC(OC(=O)C(C)C(=O)OC)C1CCCCC1. The fourth-order valence-corrected chi connectivity index (χ4v) is 2.54. The van der Waals surface area contributed by atoms with Gasteiger partial charge in [0, 0.05) is 0 Å². The molecule has 104 valence electrons. The van der Waals surface area contributed by atoms with Crippen LogP contribution in [-0.2, 0) is 19.1 Å². The molecule has 4 nitrogen and oxygen atoms in total. The molecular weight excluding hydrogens is 232 g/mol. The van der Waals surface area contributed by atoms with Crippen molar-refractivity contribution < 1.29 is 19.1 Å². The molecule has 0 aromatic rings. The summed E-state index contributed by atoms with van der Waals surface area (Å²) in [6, 6.07) is 0. The van der Waals surface area contributed by atoms with Crippen molar-refractivity contribution in [1.29, 1.82) is 0 Å². The average Bonchev–Trinajstić information content (AvgIpc) is 2.43. The molecule has 1 aliphatic carbocycles. The molecule has 0 radical (unpaired) electrons. The minimum Gasteiger partial charge on any atom is -0.468 e. The zero-order chi connectivity index (χ0) is 13.5. The maximum Gasteiger partial charge on any atom is 0.320 e. The van der Waals surface area contributed by atoms with Crippen molar-refractivity contribution in [1.82, 2.24) is 0 Å². The molecule has 0 aliphatic heterocycles. The molecule has 0 bridgehead atoms. The van der Waals surface area contributed by atoms with E-state index in [2.05, 4.69) is 4.74 Å². The molecule has 0 aromatic heterocycles. The highest BCUT2D eigenvalue weighted by Gasteiger charge is 2.30. The van der Waals surface area contributed by atoms with E-state index in [1.54, 1.807) is 0 Å². The van der Waals surface area contributed by atoms with Crippen LogP contribution in [0.4, 0.5) is 0 Å². The highest BCUT2D eigenvalue weighted by molar-refractivity contribution is 5.94. The molecule has 0 spiro atoms. The van der Waals surface area contributed by atoms with Gasteiger partial charge < -0.3 is 9.47 Å². The molecule has 0 aromatic carbocycles. The molecule has 1 rings (SSSR count). The maximum absolute atomic E-state index is 11.8. The highest BCUT2D eigenvalue weighted by atomic mass is 16.6. The number of carbonyl (C=O) groups is 2. The predicted molar refractivity (Wildman–Crippen MR) is 67.9 cm³/mol. The minimum atomic E-state index is -0.826. The van der Waals surface area contributed by atoms with E-state index in [1.165, 1.54) is 33.3 Å². The lowest BCUT2D eigenvalue weighted by Gasteiger charge is -2.29. The van der Waals surface area contributed by atoms with Crippen LogP contribution in [0, 0.1) is 11.8 Å². The third kappa shape index (κ3) is 4.00. The van der Waals surface area contributed by atoms with Crippen molar-refractivity contribution in [2.45, 2.75) is 58.5 Å². The van der Waals surface area contributed by atoms with Crippen molar-refractivity contribution in [3.63, 3.8) is 0 Å². The summed E-state index contributed by atoms with van der Waals surface area (Å²) in [5.41, 5.74) is 0. The smallest absolute Gasteiger partial charge is 0.320 e. The van der Waals surface area contributed by atoms with Gasteiger partial charge in [-0.2, -0.15) is 0 Å². The van der Waals surface area contributed by atoms with Gasteiger partial charge in [-0.3, -0.25) is 9.59 Å². The van der Waals surface area contributed by atoms with Crippen LogP contribution in [0.15, 0.2) is 0 Å². The standard InChI is InChI=1S/C14H24O4/c1-4-12(11-8-6-5-7-9-11)18-14(16)10(2)13(15)17-3/h10-12H,4-9H2,1-3H3. The predicted octanol–water partition coefficient (Wildman–Crippen LogP) is 2.70. The maximum atomic E-state index is 11.8. The van der Waals surface area contributed by atoms with E-state index in [-0.39, 0.29) is 6.10 Å². The zero-order valence-corrected chi connectivity index (χ0v) is 11.6. The average molecular weight is 256 g/mol. The molecule has 18 heavy (non-hydrogen) atoms. The fraction of sp³-hybridized carbons (Fsp3) is 0.857. The second-order valence-corrected chi connectivity index (χ2v) is 5.03. The first-order valence-electron chi connectivity index (χ1n) is 6.88. The van der Waals surface area contributed by atoms with Crippen LogP contribution in [0.25, 0.3) is 0 Å². The molecule has 2 unspecified atom stereocenters. The van der Waals surface area contributed by atoms with E-state index in [1.807, 2.05) is 6.92 Å². The van der Waals surface area contributed by atoms with Gasteiger partial charge >= 0.3 is 11.9 Å². The van der Waals surface area contributed by atoms with Gasteiger partial charge in [0.2, 0.25) is 0 Å². The zero-order valence-electron chi connectivity index (χ0n) is 11.6. The van der Waals surface area contributed by atoms with Crippen LogP contribution in [0.1, 0.15) is 52.4 Å². The Morgan fingerprint density at radius 2 is 1.78 bits per heavy atom. The first-order chi connectivity index (χ1) is 8.60. The summed E-state index contributed by atoms with van der Waals surface area (Å²) in [6.45, 7) is 3.55. The van der Waals surface area contributed by atoms with Crippen LogP contribution in [0.2, 0.25) is 0 Å². The van der Waals surface area contributed by atoms with Crippen LogP contribution in [0.3, 0.4) is 0 Å². The van der Waals surface area contributed by atoms with E-state index in [9.17, 15) is 9.59 Å². The number of methoxy groups -OCH3 is 1. The van der Waals surface area contributed by atoms with Crippen LogP contribution in [0.5, 0.6) is 0 Å². The van der Waals surface area contributed by atoms with Gasteiger partial charge in [0.1, 0.15) is 6.10 Å². The topological polar surface area (TPSA) is 52.6 Å². The Bertz CT molecular complexity index is 282. The number of carbonyl (C=O) groups excluding carboxylic acids is 2. The summed E-state index contributed by atoms with van der Waals surface area (Å²) >= 11 is 0. The number of esters is 2. The molecule has 1 saturated carbocycles. The molecule has 4 heteroatoms. The summed E-state index contributed by atoms with van der Waals surface area (Å²) in [4.78, 5) is 23.1. The van der Waals surface area contributed by atoms with E-state index >= 15 is 0 Å². The lowest BCUT2D eigenvalue weighted by atomic mass is 9.84. The largest absolute Gasteiger partial charge is 0.468 e. The lowest BCUT2D eigenvalue weighted by Crippen LogP contribution is -2.33. The van der Waals surface area contributed by atoms with Gasteiger partial charge in [0.25, 0.3) is 0 Å². The molecule has 1 fully saturated rings. The van der Waals surface area contributed by atoms with E-state index in [4.69, 9.17) is 4.74 Å². The van der Waals surface area contributed by atoms with Gasteiger partial charge in [-0.25, -0.2) is 0 Å². The van der Waals surface area contributed by atoms with Crippen LogP contribution >= 0.6 is 0 Å². The number of hydrogen-bond donors (Lipinski definition) is 0.